The van der Waals surface area contributed by atoms with Gasteiger partial charge in [-0.3, -0.25) is 14.4 Å². The lowest BCUT2D eigenvalue weighted by Crippen LogP contribution is -2.31. The van der Waals surface area contributed by atoms with Crippen LogP contribution in [0.4, 0.5) is 0 Å². The Morgan fingerprint density at radius 3 is 1.67 bits per heavy atom. The molecule has 4 N–H and O–H groups in total. The van der Waals surface area contributed by atoms with Crippen molar-refractivity contribution >= 4 is 17.7 Å². The van der Waals surface area contributed by atoms with Crippen LogP contribution in [0.2, 0.25) is 0 Å². The molecular weight excluding hydrogens is 238 g/mol. The fraction of sp³-hybridized carbons (Fsp3) is 0.545. The van der Waals surface area contributed by atoms with E-state index in [2.05, 4.69) is 22.9 Å². The molecule has 0 aliphatic heterocycles. The number of nitrogens with one attached hydrogen (secondary N) is 2. The minimum absolute atomic E-state index is 0.0700. The van der Waals surface area contributed by atoms with E-state index >= 15 is 0 Å². The van der Waals surface area contributed by atoms with E-state index in [0.29, 0.717) is 0 Å². The molecule has 0 aliphatic carbocycles. The Balaban J connectivity index is -0.000000200. The van der Waals surface area contributed by atoms with Crippen LogP contribution in [0.1, 0.15) is 27.7 Å². The van der Waals surface area contributed by atoms with E-state index in [1.54, 1.807) is 14.0 Å². The Kier molecular flexibility index (Phi) is 18.0. The summed E-state index contributed by atoms with van der Waals surface area (Å²) in [6.07, 6.45) is 1.18. The van der Waals surface area contributed by atoms with Crippen molar-refractivity contribution in [2.24, 2.45) is 5.73 Å². The Morgan fingerprint density at radius 2 is 1.61 bits per heavy atom. The zero-order valence-corrected chi connectivity index (χ0v) is 11.6. The van der Waals surface area contributed by atoms with Crippen LogP contribution >= 0.6 is 0 Å². The maximum Gasteiger partial charge on any atom is 0.220 e. The Bertz CT molecular complexity index is 263. The molecule has 3 amide bonds. The number of hydrogen-bond acceptors (Lipinski definition) is 4. The molecule has 0 saturated heterocycles. The van der Waals surface area contributed by atoms with Gasteiger partial charge in [-0.1, -0.05) is 6.58 Å². The molecule has 0 spiro atoms. The van der Waals surface area contributed by atoms with E-state index in [-0.39, 0.29) is 23.9 Å². The van der Waals surface area contributed by atoms with Crippen LogP contribution in [0.3, 0.4) is 0 Å². The molecule has 18 heavy (non-hydrogen) atoms. The van der Waals surface area contributed by atoms with E-state index in [1.807, 2.05) is 0 Å². The molecule has 0 fully saturated rings. The number of hydrogen-bond donors (Lipinski definition) is 3. The SMILES string of the molecule is C=CNC(C)=O.CC(N)=O.COC(C)NC(C)=O. The van der Waals surface area contributed by atoms with Crippen molar-refractivity contribution in [1.82, 2.24) is 10.6 Å². The van der Waals surface area contributed by atoms with E-state index in [9.17, 15) is 14.4 Å². The van der Waals surface area contributed by atoms with Crippen molar-refractivity contribution in [2.75, 3.05) is 7.11 Å². The van der Waals surface area contributed by atoms with Crippen molar-refractivity contribution in [3.63, 3.8) is 0 Å². The molecule has 0 radical (unpaired) electrons. The average molecular weight is 261 g/mol. The largest absolute Gasteiger partial charge is 0.370 e. The summed E-state index contributed by atoms with van der Waals surface area (Å²) in [6, 6.07) is 0. The average Bonchev–Trinajstić information content (AvgIpc) is 2.16. The maximum absolute atomic E-state index is 10.2. The predicted octanol–water partition coefficient (Wildman–Crippen LogP) is -0.127. The van der Waals surface area contributed by atoms with Gasteiger partial charge in [-0.25, -0.2) is 0 Å². The van der Waals surface area contributed by atoms with E-state index in [4.69, 9.17) is 4.74 Å². The predicted molar refractivity (Wildman–Crippen MR) is 69.2 cm³/mol. The Labute approximate surface area is 108 Å². The first-order chi connectivity index (χ1) is 8.17. The molecule has 0 bridgehead atoms. The van der Waals surface area contributed by atoms with Gasteiger partial charge in [-0.2, -0.15) is 0 Å². The summed E-state index contributed by atoms with van der Waals surface area (Å²) in [5.41, 5.74) is 4.47. The topological polar surface area (TPSA) is 111 Å². The standard InChI is InChI=1S/C5H11NO2.C4H7NO.C2H5NO/c1-4(7)6-5(2)8-3;1-3-5-4(2)6;1-2(3)4/h5H,1-3H3,(H,6,7);3H,1H2,2H3,(H,5,6);1H3,(H2,3,4). The lowest BCUT2D eigenvalue weighted by atomic mass is 10.6. The number of rotatable bonds is 3. The van der Waals surface area contributed by atoms with Gasteiger partial charge in [-0.15, -0.1) is 0 Å². The van der Waals surface area contributed by atoms with Crippen molar-refractivity contribution in [3.05, 3.63) is 12.8 Å². The zero-order valence-electron chi connectivity index (χ0n) is 11.6. The van der Waals surface area contributed by atoms with Crippen LogP contribution in [0.25, 0.3) is 0 Å². The van der Waals surface area contributed by atoms with Gasteiger partial charge in [0.25, 0.3) is 0 Å². The monoisotopic (exact) mass is 261 g/mol. The summed E-state index contributed by atoms with van der Waals surface area (Å²) in [7, 11) is 1.54. The molecule has 7 heteroatoms. The molecule has 0 aromatic rings. The third kappa shape index (κ3) is 48.0. The third-order valence-corrected chi connectivity index (χ3v) is 1.07. The summed E-state index contributed by atoms with van der Waals surface area (Å²) < 4.78 is 4.73. The highest BCUT2D eigenvalue weighted by Crippen LogP contribution is 1.78. The second-order valence-electron chi connectivity index (χ2n) is 3.09. The summed E-state index contributed by atoms with van der Waals surface area (Å²) >= 11 is 0. The molecule has 7 nitrogen and oxygen atoms in total. The molecule has 0 aliphatic rings. The van der Waals surface area contributed by atoms with E-state index in [1.165, 1.54) is 27.0 Å². The summed E-state index contributed by atoms with van der Waals surface area (Å²) in [4.78, 5) is 29.3. The first kappa shape index (κ1) is 21.4. The van der Waals surface area contributed by atoms with E-state index in [0.717, 1.165) is 0 Å². The smallest absolute Gasteiger partial charge is 0.220 e. The van der Waals surface area contributed by atoms with Crippen molar-refractivity contribution in [2.45, 2.75) is 33.9 Å². The number of primary amides is 1. The van der Waals surface area contributed by atoms with Gasteiger partial charge in [0, 0.05) is 27.9 Å². The minimum atomic E-state index is -0.333. The van der Waals surface area contributed by atoms with Gasteiger partial charge in [0.05, 0.1) is 0 Å². The number of amides is 3. The van der Waals surface area contributed by atoms with Crippen LogP contribution in [-0.2, 0) is 19.1 Å². The third-order valence-electron chi connectivity index (χ3n) is 1.07. The highest BCUT2D eigenvalue weighted by molar-refractivity contribution is 5.73. The van der Waals surface area contributed by atoms with Crippen LogP contribution in [0.15, 0.2) is 12.8 Å². The first-order valence-corrected chi connectivity index (χ1v) is 5.11. The molecule has 0 saturated carbocycles. The van der Waals surface area contributed by atoms with Gasteiger partial charge < -0.3 is 21.1 Å². The lowest BCUT2D eigenvalue weighted by molar-refractivity contribution is -0.122. The van der Waals surface area contributed by atoms with Crippen molar-refractivity contribution in [1.29, 1.82) is 0 Å². The molecule has 0 aromatic heterocycles. The molecule has 0 heterocycles. The fourth-order valence-electron chi connectivity index (χ4n) is 0.489. The van der Waals surface area contributed by atoms with Crippen LogP contribution in [-0.4, -0.2) is 31.1 Å². The zero-order chi connectivity index (χ0) is 15.1. The number of ether oxygens (including phenoxy) is 1. The van der Waals surface area contributed by atoms with Gasteiger partial charge in [0.2, 0.25) is 17.7 Å². The Morgan fingerprint density at radius 1 is 1.22 bits per heavy atom. The second-order valence-corrected chi connectivity index (χ2v) is 3.09. The summed E-state index contributed by atoms with van der Waals surface area (Å²) in [5.74, 6) is -0.482. The molecule has 1 unspecified atom stereocenters. The van der Waals surface area contributed by atoms with Crippen LogP contribution < -0.4 is 16.4 Å². The van der Waals surface area contributed by atoms with Gasteiger partial charge in [0.1, 0.15) is 6.23 Å². The molecular formula is C11H23N3O4. The molecule has 1 atom stereocenters. The highest BCUT2D eigenvalue weighted by atomic mass is 16.5. The summed E-state index contributed by atoms with van der Waals surface area (Å²) in [6.45, 7) is 9.23. The molecule has 0 rings (SSSR count). The second kappa shape index (κ2) is 15.1. The fourth-order valence-corrected chi connectivity index (χ4v) is 0.489. The van der Waals surface area contributed by atoms with Gasteiger partial charge in [0.15, 0.2) is 0 Å². The normalized spacial score (nSPS) is 9.39. The van der Waals surface area contributed by atoms with Gasteiger partial charge in [-0.05, 0) is 13.1 Å². The van der Waals surface area contributed by atoms with Crippen molar-refractivity contribution < 1.29 is 19.1 Å². The number of carbonyl (C=O) groups is 3. The summed E-state index contributed by atoms with van der Waals surface area (Å²) in [5, 5.41) is 4.86. The first-order valence-electron chi connectivity index (χ1n) is 5.11. The minimum Gasteiger partial charge on any atom is -0.370 e. The molecule has 0 aromatic carbocycles. The maximum atomic E-state index is 10.2. The lowest BCUT2D eigenvalue weighted by Gasteiger charge is -2.08. The number of carbonyl (C=O) groups excluding carboxylic acids is 3. The molecule has 106 valence electrons. The van der Waals surface area contributed by atoms with Gasteiger partial charge >= 0.3 is 0 Å². The Hall–Kier alpha value is -1.89. The van der Waals surface area contributed by atoms with E-state index < -0.39 is 0 Å². The van der Waals surface area contributed by atoms with Crippen LogP contribution in [0.5, 0.6) is 0 Å². The number of methoxy groups -OCH3 is 1. The number of nitrogens with two attached hydrogens (primary N) is 1. The highest BCUT2D eigenvalue weighted by Gasteiger charge is 1.96. The quantitative estimate of drug-likeness (QED) is 0.615. The van der Waals surface area contributed by atoms with Crippen LogP contribution in [0, 0.1) is 0 Å². The van der Waals surface area contributed by atoms with Crippen molar-refractivity contribution in [3.8, 4) is 0 Å².